The van der Waals surface area contributed by atoms with E-state index in [1.807, 2.05) is 0 Å². The van der Waals surface area contributed by atoms with Crippen LogP contribution in [-0.4, -0.2) is 6.71 Å². The average molecular weight is 98.0 g/mol. The number of hydrogen-bond acceptors (Lipinski definition) is 0. The Hall–Kier alpha value is 0.0649. The Morgan fingerprint density at radius 3 is 2.00 bits per heavy atom. The van der Waals surface area contributed by atoms with Crippen LogP contribution in [-0.2, 0) is 0 Å². The van der Waals surface area contributed by atoms with Gasteiger partial charge in [-0.2, -0.15) is 0 Å². The predicted octanol–water partition coefficient (Wildman–Crippen LogP) is 2.54. The lowest BCUT2D eigenvalue weighted by Crippen LogP contribution is -1.96. The first-order valence-electron chi connectivity index (χ1n) is 3.27. The van der Waals surface area contributed by atoms with E-state index in [0.717, 1.165) is 6.71 Å². The molecule has 0 aromatic carbocycles. The smallest absolute Gasteiger partial charge is 0.0863 e. The van der Waals surface area contributed by atoms with Crippen molar-refractivity contribution in [2.24, 2.45) is 0 Å². The molecule has 0 radical (unpaired) electrons. The van der Waals surface area contributed by atoms with Gasteiger partial charge in [0.05, 0.1) is 0 Å². The Bertz CT molecular complexity index is 33.2. The van der Waals surface area contributed by atoms with Gasteiger partial charge < -0.3 is 0 Å². The van der Waals surface area contributed by atoms with Crippen LogP contribution < -0.4 is 0 Å². The molecule has 0 heterocycles. The molecule has 0 unspecified atom stereocenters. The van der Waals surface area contributed by atoms with Gasteiger partial charge in [-0.1, -0.05) is 39.7 Å². The zero-order valence-electron chi connectivity index (χ0n) is 5.70. The predicted molar refractivity (Wildman–Crippen MR) is 37.2 cm³/mol. The molecule has 1 heteroatoms. The van der Waals surface area contributed by atoms with Crippen molar-refractivity contribution in [1.82, 2.24) is 0 Å². The molecule has 0 aliphatic rings. The van der Waals surface area contributed by atoms with Crippen LogP contribution in [0.25, 0.3) is 0 Å². The summed E-state index contributed by atoms with van der Waals surface area (Å²) in [5.74, 6) is 0. The van der Waals surface area contributed by atoms with Crippen molar-refractivity contribution in [3.8, 4) is 0 Å². The lowest BCUT2D eigenvalue weighted by atomic mass is 9.51. The first kappa shape index (κ1) is 7.06. The highest BCUT2D eigenvalue weighted by atomic mass is 13.7. The normalized spacial score (nSPS) is 9.00. The van der Waals surface area contributed by atoms with Gasteiger partial charge in [0, 0.05) is 0 Å². The zero-order valence-corrected chi connectivity index (χ0v) is 5.70. The van der Waals surface area contributed by atoms with Gasteiger partial charge in [0.1, 0.15) is 6.71 Å². The van der Waals surface area contributed by atoms with Crippen LogP contribution in [0.3, 0.4) is 0 Å². The van der Waals surface area contributed by atoms with E-state index >= 15 is 0 Å². The lowest BCUT2D eigenvalue weighted by Gasteiger charge is -1.94. The van der Waals surface area contributed by atoms with Crippen LogP contribution in [0, 0.1) is 0 Å². The third-order valence-corrected chi connectivity index (χ3v) is 1.14. The molecule has 42 valence electrons. The molecular weight excluding hydrogens is 82.9 g/mol. The van der Waals surface area contributed by atoms with Crippen LogP contribution in [0.5, 0.6) is 0 Å². The summed E-state index contributed by atoms with van der Waals surface area (Å²) in [6, 6.07) is 0. The van der Waals surface area contributed by atoms with Crippen molar-refractivity contribution in [2.45, 2.75) is 39.7 Å². The summed E-state index contributed by atoms with van der Waals surface area (Å²) in [4.78, 5) is 0. The van der Waals surface area contributed by atoms with Crippen LogP contribution in [0.15, 0.2) is 0 Å². The van der Waals surface area contributed by atoms with Gasteiger partial charge in [-0.25, -0.2) is 0 Å². The van der Waals surface area contributed by atoms with E-state index in [0.29, 0.717) is 0 Å². The molecule has 0 amide bonds. The zero-order chi connectivity index (χ0) is 5.70. The van der Waals surface area contributed by atoms with E-state index in [1.165, 1.54) is 19.2 Å². The van der Waals surface area contributed by atoms with Gasteiger partial charge in [0.15, 0.2) is 0 Å². The quantitative estimate of drug-likeness (QED) is 0.476. The van der Waals surface area contributed by atoms with Crippen LogP contribution in [0.2, 0.25) is 20.0 Å². The average Bonchev–Trinajstić information content (AvgIpc) is 1.61. The summed E-state index contributed by atoms with van der Waals surface area (Å²) in [7, 11) is 0. The summed E-state index contributed by atoms with van der Waals surface area (Å²) >= 11 is 0. The molecule has 7 heavy (non-hydrogen) atoms. The largest absolute Gasteiger partial charge is 0.133 e. The van der Waals surface area contributed by atoms with Crippen LogP contribution >= 0.6 is 0 Å². The van der Waals surface area contributed by atoms with Crippen LogP contribution in [0.4, 0.5) is 0 Å². The number of hydrogen-bond donors (Lipinski definition) is 0. The van der Waals surface area contributed by atoms with Crippen molar-refractivity contribution < 1.29 is 0 Å². The molecule has 0 saturated carbocycles. The van der Waals surface area contributed by atoms with Crippen molar-refractivity contribution in [1.29, 1.82) is 0 Å². The maximum absolute atomic E-state index is 2.27. The molecule has 0 bridgehead atoms. The number of unbranched alkanes of at least 4 members (excludes halogenated alkanes) is 1. The molecular formula is C6H15B. The van der Waals surface area contributed by atoms with Gasteiger partial charge >= 0.3 is 0 Å². The Morgan fingerprint density at radius 2 is 1.86 bits per heavy atom. The molecule has 0 fully saturated rings. The molecule has 0 N–H and O–H groups in total. The van der Waals surface area contributed by atoms with E-state index in [9.17, 15) is 0 Å². The number of rotatable bonds is 3. The third-order valence-electron chi connectivity index (χ3n) is 1.14. The molecule has 0 saturated heterocycles. The fraction of sp³-hybridized carbons (Fsp3) is 1.00. The van der Waals surface area contributed by atoms with Gasteiger partial charge in [0.2, 0.25) is 0 Å². The van der Waals surface area contributed by atoms with Gasteiger partial charge in [-0.05, 0) is 0 Å². The molecule has 0 spiro atoms. The maximum atomic E-state index is 2.27. The second-order valence-electron chi connectivity index (χ2n) is 2.54. The molecule has 0 aromatic rings. The molecule has 0 aliphatic carbocycles. The summed E-state index contributed by atoms with van der Waals surface area (Å²) in [5.41, 5.74) is 0. The van der Waals surface area contributed by atoms with Gasteiger partial charge in [-0.3, -0.25) is 0 Å². The Morgan fingerprint density at radius 1 is 1.29 bits per heavy atom. The molecule has 0 aromatic heterocycles. The topological polar surface area (TPSA) is 0 Å². The minimum absolute atomic E-state index is 0.903. The molecule has 0 nitrogen and oxygen atoms in total. The second-order valence-corrected chi connectivity index (χ2v) is 2.54. The summed E-state index contributed by atoms with van der Waals surface area (Å²) in [5, 5.41) is 0. The Balaban J connectivity index is 2.68. The lowest BCUT2D eigenvalue weighted by molar-refractivity contribution is 0.875. The third kappa shape index (κ3) is 6.06. The van der Waals surface area contributed by atoms with Crippen molar-refractivity contribution >= 4 is 6.71 Å². The monoisotopic (exact) mass is 98.1 g/mol. The van der Waals surface area contributed by atoms with Gasteiger partial charge in [0.25, 0.3) is 0 Å². The van der Waals surface area contributed by atoms with Crippen molar-refractivity contribution in [2.75, 3.05) is 0 Å². The van der Waals surface area contributed by atoms with Crippen molar-refractivity contribution in [3.05, 3.63) is 0 Å². The Labute approximate surface area is 47.4 Å². The standard InChI is InChI=1S/C6H15B/c1-4-5-6-7(2)3/h4-6H2,1-3H3. The van der Waals surface area contributed by atoms with E-state index in [2.05, 4.69) is 20.6 Å². The van der Waals surface area contributed by atoms with Crippen LogP contribution in [0.1, 0.15) is 19.8 Å². The summed E-state index contributed by atoms with van der Waals surface area (Å²) < 4.78 is 0. The molecule has 0 aliphatic heterocycles. The Kier molecular flexibility index (Phi) is 4.27. The van der Waals surface area contributed by atoms with E-state index < -0.39 is 0 Å². The fourth-order valence-corrected chi connectivity index (χ4v) is 0.612. The van der Waals surface area contributed by atoms with E-state index in [-0.39, 0.29) is 0 Å². The van der Waals surface area contributed by atoms with Crippen molar-refractivity contribution in [3.63, 3.8) is 0 Å². The first-order chi connectivity index (χ1) is 3.27. The maximum Gasteiger partial charge on any atom is 0.133 e. The van der Waals surface area contributed by atoms with E-state index in [1.54, 1.807) is 0 Å². The van der Waals surface area contributed by atoms with Gasteiger partial charge in [-0.15, -0.1) is 0 Å². The highest BCUT2D eigenvalue weighted by molar-refractivity contribution is 6.55. The minimum atomic E-state index is 0.903. The second kappa shape index (κ2) is 4.23. The minimum Gasteiger partial charge on any atom is -0.0863 e. The first-order valence-corrected chi connectivity index (χ1v) is 3.27. The highest BCUT2D eigenvalue weighted by Gasteiger charge is 1.93. The fourth-order valence-electron chi connectivity index (χ4n) is 0.612. The summed E-state index contributed by atoms with van der Waals surface area (Å²) in [6.45, 7) is 7.69. The highest BCUT2D eigenvalue weighted by Crippen LogP contribution is 1.98. The summed E-state index contributed by atoms with van der Waals surface area (Å²) in [6.07, 6.45) is 4.15. The molecule has 0 atom stereocenters. The SMILES string of the molecule is CCCCB(C)C. The molecule has 0 rings (SSSR count). The van der Waals surface area contributed by atoms with E-state index in [4.69, 9.17) is 0 Å².